The first-order valence-electron chi connectivity index (χ1n) is 7.40. The summed E-state index contributed by atoms with van der Waals surface area (Å²) in [4.78, 5) is 12.3. The largest absolute Gasteiger partial charge is 0.417 e. The number of halogens is 4. The van der Waals surface area contributed by atoms with Gasteiger partial charge in [0.05, 0.1) is 15.8 Å². The van der Waals surface area contributed by atoms with Crippen LogP contribution in [-0.4, -0.2) is 25.8 Å². The van der Waals surface area contributed by atoms with E-state index in [1.54, 1.807) is 29.7 Å². The number of alkyl halides is 3. The van der Waals surface area contributed by atoms with Crippen LogP contribution in [0.1, 0.15) is 12.5 Å². The van der Waals surface area contributed by atoms with Crippen molar-refractivity contribution in [1.82, 2.24) is 14.6 Å². The van der Waals surface area contributed by atoms with E-state index in [1.807, 2.05) is 6.07 Å². The molecule has 0 radical (unpaired) electrons. The number of pyridine rings is 1. The van der Waals surface area contributed by atoms with Crippen molar-refractivity contribution in [3.8, 4) is 0 Å². The number of carbonyl (C=O) groups is 1. The average Bonchev–Trinajstić information content (AvgIpc) is 2.98. The quantitative estimate of drug-likeness (QED) is 0.654. The summed E-state index contributed by atoms with van der Waals surface area (Å²) in [5, 5.41) is 9.94. The molecule has 2 aromatic heterocycles. The van der Waals surface area contributed by atoms with Crippen LogP contribution in [-0.2, 0) is 11.0 Å². The van der Waals surface area contributed by atoms with Gasteiger partial charge in [-0.15, -0.1) is 10.2 Å². The fourth-order valence-corrected chi connectivity index (χ4v) is 3.24. The zero-order valence-electron chi connectivity index (χ0n) is 13.3. The number of anilines is 1. The molecule has 3 aromatic rings. The average molecular weight is 401 g/mol. The van der Waals surface area contributed by atoms with Crippen molar-refractivity contribution in [2.24, 2.45) is 0 Å². The van der Waals surface area contributed by atoms with Crippen LogP contribution in [0, 0.1) is 0 Å². The summed E-state index contributed by atoms with van der Waals surface area (Å²) >= 11 is 6.72. The highest BCUT2D eigenvalue weighted by Gasteiger charge is 2.33. The molecule has 1 aromatic carbocycles. The Morgan fingerprint density at radius 3 is 2.77 bits per heavy atom. The van der Waals surface area contributed by atoms with Crippen LogP contribution >= 0.6 is 23.4 Å². The third-order valence-corrected chi connectivity index (χ3v) is 4.86. The Kier molecular flexibility index (Phi) is 5.10. The molecule has 26 heavy (non-hydrogen) atoms. The Morgan fingerprint density at radius 1 is 1.27 bits per heavy atom. The summed E-state index contributed by atoms with van der Waals surface area (Å²) in [5.74, 6) is -0.460. The lowest BCUT2D eigenvalue weighted by atomic mass is 10.2. The summed E-state index contributed by atoms with van der Waals surface area (Å²) in [6.07, 6.45) is -2.84. The lowest BCUT2D eigenvalue weighted by Gasteiger charge is -2.14. The molecule has 2 heterocycles. The van der Waals surface area contributed by atoms with E-state index in [1.165, 1.54) is 6.07 Å². The van der Waals surface area contributed by atoms with Crippen LogP contribution in [0.3, 0.4) is 0 Å². The summed E-state index contributed by atoms with van der Waals surface area (Å²) in [6.45, 7) is 1.63. The molecule has 1 amide bonds. The predicted octanol–water partition coefficient (Wildman–Crippen LogP) is 4.52. The molecule has 1 unspecified atom stereocenters. The minimum Gasteiger partial charge on any atom is -0.325 e. The SMILES string of the molecule is CC(Sc1nnc2ccccn12)C(=O)Nc1ccc(Cl)c(C(F)(F)F)c1. The van der Waals surface area contributed by atoms with Crippen molar-refractivity contribution in [2.75, 3.05) is 5.32 Å². The molecule has 0 spiro atoms. The highest BCUT2D eigenvalue weighted by Crippen LogP contribution is 2.36. The highest BCUT2D eigenvalue weighted by molar-refractivity contribution is 8.00. The normalized spacial score (nSPS) is 13.0. The maximum absolute atomic E-state index is 12.9. The summed E-state index contributed by atoms with van der Waals surface area (Å²) < 4.78 is 40.4. The number of aromatic nitrogens is 3. The van der Waals surface area contributed by atoms with Gasteiger partial charge in [-0.25, -0.2) is 0 Å². The predicted molar refractivity (Wildman–Crippen MR) is 93.4 cm³/mol. The molecule has 136 valence electrons. The van der Waals surface area contributed by atoms with Gasteiger partial charge in [0.2, 0.25) is 5.91 Å². The number of fused-ring (bicyclic) bond motifs is 1. The van der Waals surface area contributed by atoms with Crippen LogP contribution in [0.15, 0.2) is 47.8 Å². The van der Waals surface area contributed by atoms with Gasteiger partial charge in [-0.3, -0.25) is 9.20 Å². The van der Waals surface area contributed by atoms with Gasteiger partial charge in [-0.05, 0) is 37.3 Å². The smallest absolute Gasteiger partial charge is 0.325 e. The van der Waals surface area contributed by atoms with E-state index < -0.39 is 27.9 Å². The lowest BCUT2D eigenvalue weighted by molar-refractivity contribution is -0.137. The number of rotatable bonds is 4. The van der Waals surface area contributed by atoms with E-state index in [0.717, 1.165) is 23.9 Å². The number of hydrogen-bond donors (Lipinski definition) is 1. The van der Waals surface area contributed by atoms with Crippen molar-refractivity contribution in [1.29, 1.82) is 0 Å². The molecule has 10 heteroatoms. The third-order valence-electron chi connectivity index (χ3n) is 3.47. The number of benzene rings is 1. The van der Waals surface area contributed by atoms with E-state index in [0.29, 0.717) is 10.8 Å². The van der Waals surface area contributed by atoms with Crippen molar-refractivity contribution in [3.05, 3.63) is 53.2 Å². The number of thioether (sulfide) groups is 1. The third kappa shape index (κ3) is 3.94. The van der Waals surface area contributed by atoms with E-state index in [9.17, 15) is 18.0 Å². The zero-order chi connectivity index (χ0) is 18.9. The summed E-state index contributed by atoms with van der Waals surface area (Å²) in [5.41, 5.74) is -0.346. The van der Waals surface area contributed by atoms with Crippen molar-refractivity contribution < 1.29 is 18.0 Å². The summed E-state index contributed by atoms with van der Waals surface area (Å²) in [7, 11) is 0. The van der Waals surface area contributed by atoms with Gasteiger partial charge in [0.1, 0.15) is 0 Å². The second kappa shape index (κ2) is 7.16. The molecule has 0 aliphatic heterocycles. The Labute approximate surface area is 155 Å². The Morgan fingerprint density at radius 2 is 2.04 bits per heavy atom. The Hall–Kier alpha value is -2.26. The molecule has 3 rings (SSSR count). The molecular formula is C16H12ClF3N4OS. The van der Waals surface area contributed by atoms with Gasteiger partial charge in [0.25, 0.3) is 0 Å². The fraction of sp³-hybridized carbons (Fsp3) is 0.188. The standard InChI is InChI=1S/C16H12ClF3N4OS/c1-9(26-15-23-22-13-4-2-3-7-24(13)15)14(25)21-10-5-6-12(17)11(8-10)16(18,19)20/h2-9H,1H3,(H,21,25). The first-order valence-corrected chi connectivity index (χ1v) is 8.65. The molecule has 5 nitrogen and oxygen atoms in total. The van der Waals surface area contributed by atoms with E-state index >= 15 is 0 Å². The molecule has 0 aliphatic rings. The first-order chi connectivity index (χ1) is 12.3. The number of nitrogens with one attached hydrogen (secondary N) is 1. The topological polar surface area (TPSA) is 59.3 Å². The first kappa shape index (κ1) is 18.5. The molecule has 0 saturated heterocycles. The second-order valence-corrected chi connectivity index (χ2v) is 7.07. The number of carbonyl (C=O) groups excluding carboxylic acids is 1. The van der Waals surface area contributed by atoms with E-state index in [4.69, 9.17) is 11.6 Å². The van der Waals surface area contributed by atoms with Gasteiger partial charge in [0, 0.05) is 11.9 Å². The van der Waals surface area contributed by atoms with Crippen LogP contribution < -0.4 is 5.32 Å². The Balaban J connectivity index is 1.74. The maximum atomic E-state index is 12.9. The number of nitrogens with zero attached hydrogens (tertiary/aromatic N) is 3. The monoisotopic (exact) mass is 400 g/mol. The maximum Gasteiger partial charge on any atom is 0.417 e. The second-order valence-electron chi connectivity index (χ2n) is 5.35. The van der Waals surface area contributed by atoms with Crippen LogP contribution in [0.4, 0.5) is 18.9 Å². The minimum atomic E-state index is -4.60. The van der Waals surface area contributed by atoms with Crippen LogP contribution in [0.5, 0.6) is 0 Å². The molecule has 0 saturated carbocycles. The van der Waals surface area contributed by atoms with Crippen molar-refractivity contribution in [2.45, 2.75) is 23.5 Å². The Bertz CT molecular complexity index is 960. The summed E-state index contributed by atoms with van der Waals surface area (Å²) in [6, 6.07) is 8.62. The van der Waals surface area contributed by atoms with E-state index in [2.05, 4.69) is 15.5 Å². The minimum absolute atomic E-state index is 0.0188. The van der Waals surface area contributed by atoms with Gasteiger partial charge < -0.3 is 5.32 Å². The van der Waals surface area contributed by atoms with Gasteiger partial charge in [-0.1, -0.05) is 29.4 Å². The zero-order valence-corrected chi connectivity index (χ0v) is 14.9. The van der Waals surface area contributed by atoms with Crippen LogP contribution in [0.25, 0.3) is 5.65 Å². The number of hydrogen-bond acceptors (Lipinski definition) is 4. The fourth-order valence-electron chi connectivity index (χ4n) is 2.18. The molecule has 0 fully saturated rings. The molecule has 1 atom stereocenters. The lowest BCUT2D eigenvalue weighted by Crippen LogP contribution is -2.23. The van der Waals surface area contributed by atoms with Gasteiger partial charge in [0.15, 0.2) is 10.8 Å². The molecule has 1 N–H and O–H groups in total. The van der Waals surface area contributed by atoms with Gasteiger partial charge >= 0.3 is 6.18 Å². The molecule has 0 bridgehead atoms. The van der Waals surface area contributed by atoms with Gasteiger partial charge in [-0.2, -0.15) is 13.2 Å². The highest BCUT2D eigenvalue weighted by atomic mass is 35.5. The number of amides is 1. The van der Waals surface area contributed by atoms with Crippen molar-refractivity contribution >= 4 is 40.6 Å². The molecule has 0 aliphatic carbocycles. The molecular weight excluding hydrogens is 389 g/mol. The van der Waals surface area contributed by atoms with E-state index in [-0.39, 0.29) is 5.69 Å². The van der Waals surface area contributed by atoms with Crippen LogP contribution in [0.2, 0.25) is 5.02 Å². The van der Waals surface area contributed by atoms with Crippen molar-refractivity contribution in [3.63, 3.8) is 0 Å².